The normalized spacial score (nSPS) is 38.1. The molecule has 1 fully saturated rings. The SMILES string of the molecule is COC1OC([C-]=O)C(OC)C(O)C1O.[Na+].[OH-]. The number of hydrogen-bond donors (Lipinski definition) is 2. The average Bonchev–Trinajstić information content (AvgIpc) is 2.21. The van der Waals surface area contributed by atoms with E-state index in [1.807, 2.05) is 0 Å². The molecular weight excluding hydrogens is 231 g/mol. The van der Waals surface area contributed by atoms with Gasteiger partial charge in [-0.2, -0.15) is 0 Å². The zero-order valence-corrected chi connectivity index (χ0v) is 11.4. The second-order valence-electron chi connectivity index (χ2n) is 2.96. The number of hydrogen-bond acceptors (Lipinski definition) is 7. The third kappa shape index (κ3) is 3.73. The molecule has 0 aliphatic carbocycles. The van der Waals surface area contributed by atoms with Crippen LogP contribution < -0.4 is 29.6 Å². The number of methoxy groups -OCH3 is 2. The van der Waals surface area contributed by atoms with E-state index in [4.69, 9.17) is 14.2 Å². The Labute approximate surface area is 115 Å². The summed E-state index contributed by atoms with van der Waals surface area (Å²) < 4.78 is 14.5. The van der Waals surface area contributed by atoms with Crippen molar-refractivity contribution in [2.75, 3.05) is 14.2 Å². The summed E-state index contributed by atoms with van der Waals surface area (Å²) >= 11 is 0. The standard InChI is InChI=1S/C8H13O6.Na.H2O/c1-12-7-4(3-9)14-8(13-2)6(11)5(7)10;;/h4-8,10-11H,1-2H3;;1H2/q-1;+1;/p-1. The summed E-state index contributed by atoms with van der Waals surface area (Å²) in [7, 11) is 2.61. The molecule has 5 atom stereocenters. The Morgan fingerprint density at radius 2 is 1.75 bits per heavy atom. The van der Waals surface area contributed by atoms with Crippen LogP contribution in [0.1, 0.15) is 0 Å². The molecule has 0 aromatic heterocycles. The van der Waals surface area contributed by atoms with Gasteiger partial charge in [-0.25, -0.2) is 6.29 Å². The number of ether oxygens (including phenoxy) is 3. The van der Waals surface area contributed by atoms with Gasteiger partial charge in [-0.05, 0) is 6.10 Å². The molecule has 8 heteroatoms. The van der Waals surface area contributed by atoms with E-state index in [1.165, 1.54) is 14.2 Å². The quantitative estimate of drug-likeness (QED) is 0.378. The van der Waals surface area contributed by atoms with E-state index in [9.17, 15) is 15.0 Å². The van der Waals surface area contributed by atoms with E-state index in [2.05, 4.69) is 0 Å². The minimum Gasteiger partial charge on any atom is -0.870 e. The van der Waals surface area contributed by atoms with Crippen LogP contribution in [0.4, 0.5) is 0 Å². The van der Waals surface area contributed by atoms with Gasteiger partial charge in [0.25, 0.3) is 0 Å². The summed E-state index contributed by atoms with van der Waals surface area (Å²) in [6.07, 6.45) is -3.91. The van der Waals surface area contributed by atoms with Gasteiger partial charge in [0.15, 0.2) is 6.29 Å². The van der Waals surface area contributed by atoms with Gasteiger partial charge in [0.05, 0.1) is 6.10 Å². The van der Waals surface area contributed by atoms with Crippen LogP contribution in [-0.2, 0) is 19.0 Å². The molecule has 0 amide bonds. The molecule has 0 spiro atoms. The Bertz CT molecular complexity index is 203. The van der Waals surface area contributed by atoms with Crippen molar-refractivity contribution in [2.24, 2.45) is 0 Å². The predicted octanol–water partition coefficient (Wildman–Crippen LogP) is -4.97. The third-order valence-electron chi connectivity index (χ3n) is 2.17. The first-order valence-corrected chi connectivity index (χ1v) is 4.10. The van der Waals surface area contributed by atoms with Crippen LogP contribution in [0.3, 0.4) is 0 Å². The van der Waals surface area contributed by atoms with E-state index < -0.39 is 30.7 Å². The first kappa shape index (κ1) is 18.8. The molecule has 16 heavy (non-hydrogen) atoms. The molecule has 0 radical (unpaired) electrons. The molecule has 1 aliphatic heterocycles. The summed E-state index contributed by atoms with van der Waals surface area (Å²) in [4.78, 5) is 10.5. The molecule has 5 unspecified atom stereocenters. The van der Waals surface area contributed by atoms with Crippen molar-refractivity contribution in [3.8, 4) is 0 Å². The fraction of sp³-hybridized carbons (Fsp3) is 0.875. The van der Waals surface area contributed by atoms with Crippen LogP contribution in [0.2, 0.25) is 0 Å². The first-order chi connectivity index (χ1) is 6.65. The molecule has 0 aromatic rings. The maximum Gasteiger partial charge on any atom is 1.00 e. The van der Waals surface area contributed by atoms with Crippen LogP contribution in [0, 0.1) is 0 Å². The van der Waals surface area contributed by atoms with Gasteiger partial charge in [-0.3, -0.25) is 0 Å². The Balaban J connectivity index is 0. The van der Waals surface area contributed by atoms with Gasteiger partial charge in [0.1, 0.15) is 12.2 Å². The fourth-order valence-corrected chi connectivity index (χ4v) is 1.39. The van der Waals surface area contributed by atoms with Crippen LogP contribution in [0.25, 0.3) is 0 Å². The molecule has 7 nitrogen and oxygen atoms in total. The van der Waals surface area contributed by atoms with Crippen molar-refractivity contribution in [2.45, 2.75) is 30.7 Å². The van der Waals surface area contributed by atoms with Gasteiger partial charge in [0, 0.05) is 14.2 Å². The van der Waals surface area contributed by atoms with Crippen LogP contribution in [-0.4, -0.2) is 66.9 Å². The van der Waals surface area contributed by atoms with E-state index in [0.29, 0.717) is 0 Å². The van der Waals surface area contributed by atoms with Gasteiger partial charge in [-0.15, -0.1) is 0 Å². The van der Waals surface area contributed by atoms with Gasteiger partial charge in [-0.1, -0.05) is 0 Å². The maximum atomic E-state index is 10.5. The second kappa shape index (κ2) is 8.51. The Morgan fingerprint density at radius 3 is 2.12 bits per heavy atom. The Kier molecular flexibility index (Phi) is 9.99. The molecule has 90 valence electrons. The molecule has 1 aliphatic rings. The van der Waals surface area contributed by atoms with Crippen molar-refractivity contribution in [3.63, 3.8) is 0 Å². The summed E-state index contributed by atoms with van der Waals surface area (Å²) in [6, 6.07) is 0. The van der Waals surface area contributed by atoms with Crippen LogP contribution in [0.15, 0.2) is 0 Å². The zero-order valence-electron chi connectivity index (χ0n) is 9.36. The van der Waals surface area contributed by atoms with Crippen molar-refractivity contribution in [1.82, 2.24) is 0 Å². The van der Waals surface area contributed by atoms with E-state index in [-0.39, 0.29) is 35.0 Å². The van der Waals surface area contributed by atoms with Crippen molar-refractivity contribution < 1.29 is 64.3 Å². The molecule has 0 aromatic carbocycles. The largest absolute Gasteiger partial charge is 1.00 e. The zero-order chi connectivity index (χ0) is 10.7. The predicted molar refractivity (Wildman–Crippen MR) is 46.1 cm³/mol. The van der Waals surface area contributed by atoms with E-state index in [0.717, 1.165) is 0 Å². The number of aliphatic hydroxyl groups excluding tert-OH is 2. The molecule has 3 N–H and O–H groups in total. The fourth-order valence-electron chi connectivity index (χ4n) is 1.39. The molecule has 0 saturated carbocycles. The summed E-state index contributed by atoms with van der Waals surface area (Å²) in [6.45, 7) is 0. The molecule has 1 heterocycles. The Morgan fingerprint density at radius 1 is 1.19 bits per heavy atom. The molecule has 0 bridgehead atoms. The van der Waals surface area contributed by atoms with Gasteiger partial charge < -0.3 is 34.7 Å². The molecule has 1 saturated heterocycles. The minimum absolute atomic E-state index is 0. The summed E-state index contributed by atoms with van der Waals surface area (Å²) in [5.74, 6) is 0. The third-order valence-corrected chi connectivity index (χ3v) is 2.17. The van der Waals surface area contributed by atoms with Crippen LogP contribution in [0.5, 0.6) is 0 Å². The van der Waals surface area contributed by atoms with Gasteiger partial charge in [0.2, 0.25) is 0 Å². The van der Waals surface area contributed by atoms with E-state index in [1.54, 1.807) is 6.29 Å². The maximum absolute atomic E-state index is 10.5. The summed E-state index contributed by atoms with van der Waals surface area (Å²) in [5, 5.41) is 19.0. The van der Waals surface area contributed by atoms with Gasteiger partial charge >= 0.3 is 29.6 Å². The molecular formula is C8H14NaO7-. The smallest absolute Gasteiger partial charge is 0.870 e. The topological polar surface area (TPSA) is 115 Å². The van der Waals surface area contributed by atoms with Crippen LogP contribution >= 0.6 is 0 Å². The molecule has 1 rings (SSSR count). The number of carbonyl (C=O) groups excluding carboxylic acids is 1. The Hall–Kier alpha value is 0.430. The van der Waals surface area contributed by atoms with Crippen molar-refractivity contribution >= 4 is 6.29 Å². The monoisotopic (exact) mass is 245 g/mol. The first-order valence-electron chi connectivity index (χ1n) is 4.10. The van der Waals surface area contributed by atoms with Crippen molar-refractivity contribution in [1.29, 1.82) is 0 Å². The summed E-state index contributed by atoms with van der Waals surface area (Å²) in [5.41, 5.74) is 0. The average molecular weight is 245 g/mol. The number of rotatable bonds is 3. The number of aliphatic hydroxyl groups is 2. The minimum atomic E-state index is -1.24. The van der Waals surface area contributed by atoms with E-state index >= 15 is 0 Å². The second-order valence-corrected chi connectivity index (χ2v) is 2.96. The van der Waals surface area contributed by atoms with Crippen molar-refractivity contribution in [3.05, 3.63) is 0 Å².